The fourth-order valence-electron chi connectivity index (χ4n) is 5.23. The van der Waals surface area contributed by atoms with E-state index in [1.54, 1.807) is 39.5 Å². The lowest BCUT2D eigenvalue weighted by atomic mass is 9.93. The molecule has 0 N–H and O–H groups in total. The zero-order chi connectivity index (χ0) is 30.9. The first-order valence-electron chi connectivity index (χ1n) is 13.4. The highest BCUT2D eigenvalue weighted by atomic mass is 79.9. The minimum Gasteiger partial charge on any atom is -0.497 e. The second-order valence-corrected chi connectivity index (χ2v) is 11.4. The molecule has 0 radical (unpaired) electrons. The largest absolute Gasteiger partial charge is 0.497 e. The number of pyridine rings is 1. The molecule has 4 aromatic rings. The van der Waals surface area contributed by atoms with E-state index < -0.39 is 46.4 Å². The topological polar surface area (TPSA) is 54.9 Å². The van der Waals surface area contributed by atoms with Gasteiger partial charge in [0.25, 0.3) is 11.8 Å². The molecule has 224 valence electrons. The van der Waals surface area contributed by atoms with Crippen molar-refractivity contribution in [3.05, 3.63) is 116 Å². The van der Waals surface area contributed by atoms with E-state index >= 15 is 8.78 Å². The third-order valence-corrected chi connectivity index (χ3v) is 8.87. The highest BCUT2D eigenvalue weighted by molar-refractivity contribution is 9.10. The van der Waals surface area contributed by atoms with Gasteiger partial charge in [-0.1, -0.05) is 41.9 Å². The summed E-state index contributed by atoms with van der Waals surface area (Å²) < 4.78 is 56.0. The summed E-state index contributed by atoms with van der Waals surface area (Å²) in [4.78, 5) is 21.3. The SMILES string of the molecule is COc1ccc(CN(Cc2ccc(OC)cc2)c2ncccc2C(C)N2CC(F)(F)c3c(cc(F)c(Br)c3Cl)C2=O)cc1. The van der Waals surface area contributed by atoms with Crippen LogP contribution in [0.2, 0.25) is 5.02 Å². The zero-order valence-electron chi connectivity index (χ0n) is 23.6. The molecule has 5 rings (SSSR count). The van der Waals surface area contributed by atoms with Crippen molar-refractivity contribution in [2.24, 2.45) is 0 Å². The lowest BCUT2D eigenvalue weighted by molar-refractivity contribution is -0.0486. The molecule has 0 bridgehead atoms. The number of carbonyl (C=O) groups is 1. The van der Waals surface area contributed by atoms with Gasteiger partial charge in [-0.05, 0) is 70.4 Å². The van der Waals surface area contributed by atoms with Crippen LogP contribution in [0.25, 0.3) is 0 Å². The van der Waals surface area contributed by atoms with Crippen LogP contribution in [0, 0.1) is 5.82 Å². The van der Waals surface area contributed by atoms with Crippen molar-refractivity contribution in [1.29, 1.82) is 0 Å². The van der Waals surface area contributed by atoms with E-state index in [-0.39, 0.29) is 4.47 Å². The normalized spacial score (nSPS) is 14.7. The van der Waals surface area contributed by atoms with Gasteiger partial charge in [-0.2, -0.15) is 8.78 Å². The third-order valence-electron chi connectivity index (χ3n) is 7.49. The van der Waals surface area contributed by atoms with Crippen molar-refractivity contribution >= 4 is 39.3 Å². The predicted octanol–water partition coefficient (Wildman–Crippen LogP) is 8.17. The van der Waals surface area contributed by atoms with E-state index in [0.29, 0.717) is 36.0 Å². The summed E-state index contributed by atoms with van der Waals surface area (Å²) in [5.74, 6) is -3.21. The highest BCUT2D eigenvalue weighted by Gasteiger charge is 2.48. The second kappa shape index (κ2) is 12.5. The molecule has 1 amide bonds. The second-order valence-electron chi connectivity index (χ2n) is 10.2. The Bertz CT molecular complexity index is 1590. The number of aromatic nitrogens is 1. The number of anilines is 1. The van der Waals surface area contributed by atoms with Crippen LogP contribution in [0.15, 0.2) is 77.4 Å². The summed E-state index contributed by atoms with van der Waals surface area (Å²) in [6.07, 6.45) is 1.62. The van der Waals surface area contributed by atoms with Gasteiger partial charge in [-0.3, -0.25) is 4.79 Å². The number of hydrogen-bond donors (Lipinski definition) is 0. The van der Waals surface area contributed by atoms with E-state index in [0.717, 1.165) is 22.1 Å². The Balaban J connectivity index is 1.54. The highest BCUT2D eigenvalue weighted by Crippen LogP contribution is 2.46. The molecule has 0 saturated heterocycles. The van der Waals surface area contributed by atoms with Gasteiger partial charge >= 0.3 is 0 Å². The average Bonchev–Trinajstić information content (AvgIpc) is 3.01. The quantitative estimate of drug-likeness (QED) is 0.168. The molecule has 43 heavy (non-hydrogen) atoms. The Hall–Kier alpha value is -3.76. The minimum atomic E-state index is -3.51. The van der Waals surface area contributed by atoms with Crippen LogP contribution in [0.4, 0.5) is 19.0 Å². The van der Waals surface area contributed by atoms with Gasteiger partial charge in [0.1, 0.15) is 23.1 Å². The van der Waals surface area contributed by atoms with Gasteiger partial charge in [0.05, 0.1) is 47.4 Å². The van der Waals surface area contributed by atoms with Crippen LogP contribution in [-0.2, 0) is 19.0 Å². The molecule has 1 unspecified atom stereocenters. The molecule has 0 fully saturated rings. The van der Waals surface area contributed by atoms with Crippen molar-refractivity contribution in [2.45, 2.75) is 32.0 Å². The van der Waals surface area contributed by atoms with Crippen molar-refractivity contribution in [3.63, 3.8) is 0 Å². The number of alkyl halides is 2. The number of benzene rings is 3. The molecule has 3 aromatic carbocycles. The maximum atomic E-state index is 15.6. The molecule has 1 aliphatic heterocycles. The Morgan fingerprint density at radius 1 is 1.02 bits per heavy atom. The van der Waals surface area contributed by atoms with Gasteiger partial charge in [-0.25, -0.2) is 9.37 Å². The Morgan fingerprint density at radius 2 is 1.58 bits per heavy atom. The van der Waals surface area contributed by atoms with E-state index in [4.69, 9.17) is 21.1 Å². The van der Waals surface area contributed by atoms with Crippen LogP contribution >= 0.6 is 27.5 Å². The van der Waals surface area contributed by atoms with Crippen molar-refractivity contribution < 1.29 is 27.4 Å². The van der Waals surface area contributed by atoms with Crippen LogP contribution in [0.5, 0.6) is 11.5 Å². The van der Waals surface area contributed by atoms with Gasteiger partial charge in [0, 0.05) is 24.8 Å². The molecule has 1 atom stereocenters. The third kappa shape index (κ3) is 6.17. The fraction of sp³-hybridized carbons (Fsp3) is 0.250. The molecule has 0 aliphatic carbocycles. The molecule has 6 nitrogen and oxygen atoms in total. The first-order valence-corrected chi connectivity index (χ1v) is 14.5. The fourth-order valence-corrected chi connectivity index (χ4v) is 5.87. The number of halogens is 5. The van der Waals surface area contributed by atoms with E-state index in [2.05, 4.69) is 20.9 Å². The van der Waals surface area contributed by atoms with Gasteiger partial charge in [-0.15, -0.1) is 0 Å². The lowest BCUT2D eigenvalue weighted by Crippen LogP contribution is -2.47. The molecule has 2 heterocycles. The number of ether oxygens (including phenoxy) is 2. The molecule has 1 aliphatic rings. The molecule has 0 saturated carbocycles. The van der Waals surface area contributed by atoms with Crippen LogP contribution in [-0.4, -0.2) is 36.6 Å². The molecule has 0 spiro atoms. The van der Waals surface area contributed by atoms with Gasteiger partial charge in [0.15, 0.2) is 0 Å². The van der Waals surface area contributed by atoms with Crippen LogP contribution in [0.1, 0.15) is 45.6 Å². The Morgan fingerprint density at radius 3 is 2.12 bits per heavy atom. The first kappa shape index (κ1) is 30.7. The predicted molar refractivity (Wildman–Crippen MR) is 163 cm³/mol. The maximum absolute atomic E-state index is 15.6. The van der Waals surface area contributed by atoms with Gasteiger partial charge < -0.3 is 19.3 Å². The monoisotopic (exact) mass is 673 g/mol. The van der Waals surface area contributed by atoms with Crippen molar-refractivity contribution in [3.8, 4) is 11.5 Å². The Kier molecular flexibility index (Phi) is 8.89. The number of methoxy groups -OCH3 is 2. The number of nitrogens with zero attached hydrogens (tertiary/aromatic N) is 3. The summed E-state index contributed by atoms with van der Waals surface area (Å²) in [7, 11) is 3.19. The summed E-state index contributed by atoms with van der Waals surface area (Å²) in [5, 5.41) is -0.507. The van der Waals surface area contributed by atoms with Crippen molar-refractivity contribution in [1.82, 2.24) is 9.88 Å². The zero-order valence-corrected chi connectivity index (χ0v) is 25.9. The summed E-state index contributed by atoms with van der Waals surface area (Å²) >= 11 is 9.01. The standard InChI is InChI=1S/C32H28BrClF3N3O3/c1-19(40-18-32(36,37)27-25(31(40)41)15-26(35)28(33)29(27)34)24-5-4-14-38-30(24)39(16-20-6-10-22(42-2)11-7-20)17-21-8-12-23(43-3)13-9-21/h4-15,19H,16-18H2,1-3H3. The number of fused-ring (bicyclic) bond motifs is 1. The maximum Gasteiger partial charge on any atom is 0.292 e. The van der Waals surface area contributed by atoms with Crippen molar-refractivity contribution in [2.75, 3.05) is 25.7 Å². The van der Waals surface area contributed by atoms with Gasteiger partial charge in [0.2, 0.25) is 0 Å². The van der Waals surface area contributed by atoms with E-state index in [1.165, 1.54) is 0 Å². The number of rotatable bonds is 9. The molecular formula is C32H28BrClF3N3O3. The van der Waals surface area contributed by atoms with E-state index in [1.807, 2.05) is 53.4 Å². The van der Waals surface area contributed by atoms with Crippen LogP contribution < -0.4 is 14.4 Å². The number of hydrogen-bond acceptors (Lipinski definition) is 5. The lowest BCUT2D eigenvalue weighted by Gasteiger charge is -2.39. The summed E-state index contributed by atoms with van der Waals surface area (Å²) in [6, 6.07) is 18.6. The number of carbonyl (C=O) groups excluding carboxylic acids is 1. The smallest absolute Gasteiger partial charge is 0.292 e. The molecule has 11 heteroatoms. The molecular weight excluding hydrogens is 647 g/mol. The summed E-state index contributed by atoms with van der Waals surface area (Å²) in [6.45, 7) is 1.58. The Labute approximate surface area is 261 Å². The van der Waals surface area contributed by atoms with E-state index in [9.17, 15) is 9.18 Å². The number of amides is 1. The average molecular weight is 675 g/mol. The van der Waals surface area contributed by atoms with Crippen LogP contribution in [0.3, 0.4) is 0 Å². The minimum absolute atomic E-state index is 0.302. The first-order chi connectivity index (χ1) is 20.5. The molecule has 1 aromatic heterocycles. The summed E-state index contributed by atoms with van der Waals surface area (Å²) in [5.41, 5.74) is 1.34.